The third-order valence-electron chi connectivity index (χ3n) is 4.97. The summed E-state index contributed by atoms with van der Waals surface area (Å²) in [6, 6.07) is 14.3. The first-order valence-electron chi connectivity index (χ1n) is 9.69. The van der Waals surface area contributed by atoms with Gasteiger partial charge < -0.3 is 5.32 Å². The highest BCUT2D eigenvalue weighted by molar-refractivity contribution is 5.71. The highest BCUT2D eigenvalue weighted by Crippen LogP contribution is 2.40. The number of aromatic nitrogens is 1. The molecule has 0 radical (unpaired) electrons. The van der Waals surface area contributed by atoms with Gasteiger partial charge in [0.1, 0.15) is 0 Å². The molecule has 1 N–H and O–H groups in total. The Morgan fingerprint density at radius 3 is 2.42 bits per heavy atom. The zero-order valence-corrected chi connectivity index (χ0v) is 15.7. The van der Waals surface area contributed by atoms with Crippen molar-refractivity contribution in [2.24, 2.45) is 0 Å². The predicted molar refractivity (Wildman–Crippen MR) is 106 cm³/mol. The SMILES string of the molecule is Cc1cccc(CN2CCCCC2)n1.O=CNc1ccc(C2CC2)cc1. The molecule has 4 heteroatoms. The fraction of sp³-hybridized carbons (Fsp3) is 0.455. The first-order chi connectivity index (χ1) is 12.7. The summed E-state index contributed by atoms with van der Waals surface area (Å²) in [6.07, 6.45) is 7.45. The van der Waals surface area contributed by atoms with Crippen molar-refractivity contribution in [3.63, 3.8) is 0 Å². The number of amides is 1. The molecule has 1 aliphatic heterocycles. The molecule has 0 bridgehead atoms. The molecular formula is C22H29N3O. The lowest BCUT2D eigenvalue weighted by atomic mass is 10.1. The Labute approximate surface area is 156 Å². The molecule has 1 aromatic carbocycles. The second-order valence-electron chi connectivity index (χ2n) is 7.27. The maximum absolute atomic E-state index is 10.1. The molecule has 2 heterocycles. The molecule has 2 aromatic rings. The van der Waals surface area contributed by atoms with Gasteiger partial charge in [0.15, 0.2) is 0 Å². The largest absolute Gasteiger partial charge is 0.329 e. The van der Waals surface area contributed by atoms with Crippen LogP contribution in [0.25, 0.3) is 0 Å². The lowest BCUT2D eigenvalue weighted by Gasteiger charge is -2.25. The van der Waals surface area contributed by atoms with Crippen molar-refractivity contribution >= 4 is 12.1 Å². The highest BCUT2D eigenvalue weighted by atomic mass is 16.1. The van der Waals surface area contributed by atoms with Gasteiger partial charge in [0.05, 0.1) is 5.69 Å². The van der Waals surface area contributed by atoms with Gasteiger partial charge in [0.2, 0.25) is 6.41 Å². The number of aryl methyl sites for hydroxylation is 1. The lowest BCUT2D eigenvalue weighted by Crippen LogP contribution is -2.29. The minimum Gasteiger partial charge on any atom is -0.329 e. The van der Waals surface area contributed by atoms with Crippen LogP contribution in [0.5, 0.6) is 0 Å². The first-order valence-corrected chi connectivity index (χ1v) is 9.69. The van der Waals surface area contributed by atoms with Crippen molar-refractivity contribution in [2.45, 2.75) is 51.5 Å². The molecule has 1 aromatic heterocycles. The van der Waals surface area contributed by atoms with Crippen LogP contribution < -0.4 is 5.32 Å². The van der Waals surface area contributed by atoms with Crippen LogP contribution >= 0.6 is 0 Å². The number of hydrogen-bond donors (Lipinski definition) is 1. The van der Waals surface area contributed by atoms with Crippen molar-refractivity contribution in [1.82, 2.24) is 9.88 Å². The molecule has 2 fully saturated rings. The summed E-state index contributed by atoms with van der Waals surface area (Å²) in [5.74, 6) is 0.787. The normalized spacial score (nSPS) is 17.1. The minimum absolute atomic E-state index is 0.701. The molecule has 1 saturated carbocycles. The highest BCUT2D eigenvalue weighted by Gasteiger charge is 2.22. The third-order valence-corrected chi connectivity index (χ3v) is 4.97. The number of nitrogens with one attached hydrogen (secondary N) is 1. The summed E-state index contributed by atoms with van der Waals surface area (Å²) in [6.45, 7) is 5.58. The number of carbonyl (C=O) groups is 1. The van der Waals surface area contributed by atoms with Crippen LogP contribution in [0.4, 0.5) is 5.69 Å². The second kappa shape index (κ2) is 9.48. The third kappa shape index (κ3) is 5.95. The van der Waals surface area contributed by atoms with E-state index in [1.807, 2.05) is 12.1 Å². The molecule has 1 amide bonds. The van der Waals surface area contributed by atoms with E-state index >= 15 is 0 Å². The average molecular weight is 351 g/mol. The summed E-state index contributed by atoms with van der Waals surface area (Å²) in [5, 5.41) is 2.61. The van der Waals surface area contributed by atoms with E-state index in [4.69, 9.17) is 0 Å². The Morgan fingerprint density at radius 2 is 1.81 bits per heavy atom. The quantitative estimate of drug-likeness (QED) is 0.806. The summed E-state index contributed by atoms with van der Waals surface area (Å²) in [5.41, 5.74) is 4.60. The molecule has 4 nitrogen and oxygen atoms in total. The minimum atomic E-state index is 0.701. The zero-order chi connectivity index (χ0) is 18.2. The predicted octanol–water partition coefficient (Wildman–Crippen LogP) is 4.51. The maximum atomic E-state index is 10.1. The molecule has 0 spiro atoms. The number of hydrogen-bond acceptors (Lipinski definition) is 3. The van der Waals surface area contributed by atoms with Gasteiger partial charge in [-0.25, -0.2) is 0 Å². The van der Waals surface area contributed by atoms with Crippen LogP contribution in [0.3, 0.4) is 0 Å². The van der Waals surface area contributed by atoms with Crippen LogP contribution in [0, 0.1) is 6.92 Å². The molecule has 138 valence electrons. The first kappa shape index (κ1) is 18.6. The zero-order valence-electron chi connectivity index (χ0n) is 15.7. The van der Waals surface area contributed by atoms with Gasteiger partial charge in [0, 0.05) is 17.9 Å². The Morgan fingerprint density at radius 1 is 1.08 bits per heavy atom. The summed E-state index contributed by atoms with van der Waals surface area (Å²) < 4.78 is 0. The number of pyridine rings is 1. The summed E-state index contributed by atoms with van der Waals surface area (Å²) >= 11 is 0. The molecular weight excluding hydrogens is 322 g/mol. The van der Waals surface area contributed by atoms with E-state index in [-0.39, 0.29) is 0 Å². The Kier molecular flexibility index (Phi) is 6.78. The number of anilines is 1. The monoisotopic (exact) mass is 351 g/mol. The smallest absolute Gasteiger partial charge is 0.211 e. The summed E-state index contributed by atoms with van der Waals surface area (Å²) in [7, 11) is 0. The van der Waals surface area contributed by atoms with Gasteiger partial charge in [-0.3, -0.25) is 14.7 Å². The topological polar surface area (TPSA) is 45.2 Å². The van der Waals surface area contributed by atoms with E-state index in [2.05, 4.69) is 52.5 Å². The number of rotatable bonds is 5. The number of piperidine rings is 1. The van der Waals surface area contributed by atoms with Crippen LogP contribution in [-0.2, 0) is 11.3 Å². The van der Waals surface area contributed by atoms with Gasteiger partial charge in [-0.1, -0.05) is 24.6 Å². The van der Waals surface area contributed by atoms with E-state index < -0.39 is 0 Å². The Hall–Kier alpha value is -2.20. The molecule has 26 heavy (non-hydrogen) atoms. The van der Waals surface area contributed by atoms with E-state index in [0.29, 0.717) is 6.41 Å². The van der Waals surface area contributed by atoms with Crippen molar-refractivity contribution < 1.29 is 4.79 Å². The number of carbonyl (C=O) groups excluding carboxylic acids is 1. The standard InChI is InChI=1S/C12H18N2.C10H11NO/c1-11-6-5-7-12(13-11)10-14-8-3-2-4-9-14;12-7-11-10-5-3-9(4-6-10)8-1-2-8/h5-7H,2-4,8-10H2,1H3;3-8H,1-2H2,(H,11,12). The van der Waals surface area contributed by atoms with Crippen molar-refractivity contribution in [2.75, 3.05) is 18.4 Å². The number of benzene rings is 1. The van der Waals surface area contributed by atoms with Crippen LogP contribution in [0.15, 0.2) is 42.5 Å². The maximum Gasteiger partial charge on any atom is 0.211 e. The van der Waals surface area contributed by atoms with E-state index in [9.17, 15) is 4.79 Å². The van der Waals surface area contributed by atoms with E-state index in [1.54, 1.807) is 0 Å². The molecule has 4 rings (SSSR count). The van der Waals surface area contributed by atoms with Gasteiger partial charge in [-0.2, -0.15) is 0 Å². The van der Waals surface area contributed by atoms with E-state index in [1.165, 1.54) is 56.5 Å². The lowest BCUT2D eigenvalue weighted by molar-refractivity contribution is -0.105. The van der Waals surface area contributed by atoms with E-state index in [0.717, 1.165) is 23.8 Å². The van der Waals surface area contributed by atoms with Crippen molar-refractivity contribution in [1.29, 1.82) is 0 Å². The fourth-order valence-corrected chi connectivity index (χ4v) is 3.37. The number of likely N-dealkylation sites (tertiary alicyclic amines) is 1. The average Bonchev–Trinajstić information content (AvgIpc) is 3.49. The van der Waals surface area contributed by atoms with Crippen molar-refractivity contribution in [3.8, 4) is 0 Å². The molecule has 0 atom stereocenters. The van der Waals surface area contributed by atoms with Crippen molar-refractivity contribution in [3.05, 3.63) is 59.4 Å². The van der Waals surface area contributed by atoms with Gasteiger partial charge >= 0.3 is 0 Å². The molecule has 1 saturated heterocycles. The van der Waals surface area contributed by atoms with Gasteiger partial charge in [-0.05, 0) is 81.4 Å². The van der Waals surface area contributed by atoms with Crippen LogP contribution in [0.1, 0.15) is 55.0 Å². The molecule has 2 aliphatic rings. The van der Waals surface area contributed by atoms with Crippen LogP contribution in [-0.4, -0.2) is 29.4 Å². The molecule has 0 unspecified atom stereocenters. The Bertz CT molecular complexity index is 689. The van der Waals surface area contributed by atoms with Crippen LogP contribution in [0.2, 0.25) is 0 Å². The van der Waals surface area contributed by atoms with Gasteiger partial charge in [0.25, 0.3) is 0 Å². The number of nitrogens with zero attached hydrogens (tertiary/aromatic N) is 2. The van der Waals surface area contributed by atoms with Gasteiger partial charge in [-0.15, -0.1) is 0 Å². The Balaban J connectivity index is 0.000000152. The summed E-state index contributed by atoms with van der Waals surface area (Å²) in [4.78, 5) is 17.1. The second-order valence-corrected chi connectivity index (χ2v) is 7.27. The molecule has 1 aliphatic carbocycles. The fourth-order valence-electron chi connectivity index (χ4n) is 3.37.